The Morgan fingerprint density at radius 3 is 2.75 bits per heavy atom. The highest BCUT2D eigenvalue weighted by Gasteiger charge is 2.32. The standard InChI is InChI=1S/C22H20F4N4OS/c1-27-20-3-2-13(9-28-20)10-30-5-4-17-18(12-32-19(17)11-30)21(31)29-16-7-14(22(24,25)26)6-15(23)8-16/h2-3,6-9,12H,4-5,10-11H2,1H3,(H,27,28)(H,29,31). The van der Waals surface area contributed by atoms with Gasteiger partial charge in [0.25, 0.3) is 5.91 Å². The van der Waals surface area contributed by atoms with Gasteiger partial charge in [-0.1, -0.05) is 6.07 Å². The molecule has 0 fully saturated rings. The molecule has 0 aliphatic carbocycles. The molecule has 2 aromatic heterocycles. The van der Waals surface area contributed by atoms with E-state index in [1.165, 1.54) is 11.3 Å². The second kappa shape index (κ2) is 8.87. The van der Waals surface area contributed by atoms with Crippen LogP contribution in [0, 0.1) is 5.82 Å². The maximum atomic E-state index is 13.6. The van der Waals surface area contributed by atoms with Crippen LogP contribution in [0.4, 0.5) is 29.1 Å². The Morgan fingerprint density at radius 1 is 1.25 bits per heavy atom. The van der Waals surface area contributed by atoms with E-state index in [1.807, 2.05) is 25.4 Å². The summed E-state index contributed by atoms with van der Waals surface area (Å²) in [6.45, 7) is 2.12. The Labute approximate surface area is 186 Å². The van der Waals surface area contributed by atoms with Crippen LogP contribution in [0.15, 0.2) is 41.9 Å². The minimum atomic E-state index is -4.70. The highest BCUT2D eigenvalue weighted by molar-refractivity contribution is 7.10. The number of aromatic nitrogens is 1. The topological polar surface area (TPSA) is 57.3 Å². The maximum absolute atomic E-state index is 13.6. The van der Waals surface area contributed by atoms with Gasteiger partial charge in [-0.25, -0.2) is 9.37 Å². The van der Waals surface area contributed by atoms with Crippen LogP contribution in [0.3, 0.4) is 0 Å². The van der Waals surface area contributed by atoms with Crippen LogP contribution in [-0.2, 0) is 25.7 Å². The number of benzene rings is 1. The van der Waals surface area contributed by atoms with Gasteiger partial charge in [-0.15, -0.1) is 11.3 Å². The van der Waals surface area contributed by atoms with Gasteiger partial charge >= 0.3 is 6.18 Å². The molecule has 5 nitrogen and oxygen atoms in total. The van der Waals surface area contributed by atoms with Crippen molar-refractivity contribution in [2.75, 3.05) is 24.2 Å². The van der Waals surface area contributed by atoms with Crippen LogP contribution >= 0.6 is 11.3 Å². The Balaban J connectivity index is 1.45. The third-order valence-electron chi connectivity index (χ3n) is 5.24. The second-order valence-corrected chi connectivity index (χ2v) is 8.46. The number of anilines is 2. The third kappa shape index (κ3) is 4.91. The molecule has 32 heavy (non-hydrogen) atoms. The first-order chi connectivity index (χ1) is 15.2. The number of nitrogens with one attached hydrogen (secondary N) is 2. The maximum Gasteiger partial charge on any atom is 0.416 e. The van der Waals surface area contributed by atoms with Crippen molar-refractivity contribution in [3.05, 3.63) is 74.9 Å². The molecule has 3 heterocycles. The number of halogens is 4. The average molecular weight is 464 g/mol. The molecule has 2 N–H and O–H groups in total. The summed E-state index contributed by atoms with van der Waals surface area (Å²) in [4.78, 5) is 20.3. The molecule has 4 rings (SSSR count). The molecule has 10 heteroatoms. The van der Waals surface area contributed by atoms with Crippen LogP contribution in [0.5, 0.6) is 0 Å². The number of amides is 1. The Bertz CT molecular complexity index is 1130. The molecule has 1 aliphatic heterocycles. The molecule has 0 unspecified atom stereocenters. The summed E-state index contributed by atoms with van der Waals surface area (Å²) < 4.78 is 52.4. The van der Waals surface area contributed by atoms with Crippen molar-refractivity contribution in [1.82, 2.24) is 9.88 Å². The zero-order chi connectivity index (χ0) is 22.9. The average Bonchev–Trinajstić information content (AvgIpc) is 3.16. The summed E-state index contributed by atoms with van der Waals surface area (Å²) in [5, 5.41) is 7.09. The third-order valence-corrected chi connectivity index (χ3v) is 6.25. The van der Waals surface area contributed by atoms with Crippen LogP contribution < -0.4 is 10.6 Å². The Hall–Kier alpha value is -2.98. The number of pyridine rings is 1. The zero-order valence-electron chi connectivity index (χ0n) is 17.1. The fourth-order valence-corrected chi connectivity index (χ4v) is 4.78. The molecule has 1 aromatic carbocycles. The molecule has 0 saturated carbocycles. The quantitative estimate of drug-likeness (QED) is 0.513. The molecule has 0 radical (unpaired) electrons. The molecule has 0 atom stereocenters. The Morgan fingerprint density at radius 2 is 2.06 bits per heavy atom. The van der Waals surface area contributed by atoms with Crippen LogP contribution in [0.25, 0.3) is 0 Å². The predicted molar refractivity (Wildman–Crippen MR) is 115 cm³/mol. The number of fused-ring (bicyclic) bond motifs is 1. The molecule has 0 saturated heterocycles. The first-order valence-electron chi connectivity index (χ1n) is 9.86. The fourth-order valence-electron chi connectivity index (χ4n) is 3.65. The van der Waals surface area contributed by atoms with Crippen LogP contribution in [0.1, 0.15) is 31.9 Å². The summed E-state index contributed by atoms with van der Waals surface area (Å²) in [5.41, 5.74) is 1.01. The lowest BCUT2D eigenvalue weighted by Crippen LogP contribution is -2.30. The van der Waals surface area contributed by atoms with E-state index >= 15 is 0 Å². The minimum Gasteiger partial charge on any atom is -0.373 e. The number of carbonyl (C=O) groups excluding carboxylic acids is 1. The van der Waals surface area contributed by atoms with Gasteiger partial charge in [0, 0.05) is 48.8 Å². The van der Waals surface area contributed by atoms with Gasteiger partial charge in [-0.05, 0) is 41.8 Å². The summed E-state index contributed by atoms with van der Waals surface area (Å²) in [6.07, 6.45) is -2.24. The summed E-state index contributed by atoms with van der Waals surface area (Å²) >= 11 is 1.44. The van der Waals surface area contributed by atoms with Crippen LogP contribution in [0.2, 0.25) is 0 Å². The molecular formula is C22H20F4N4OS. The van der Waals surface area contributed by atoms with Gasteiger partial charge in [0.05, 0.1) is 11.1 Å². The van der Waals surface area contributed by atoms with E-state index in [0.29, 0.717) is 24.6 Å². The lowest BCUT2D eigenvalue weighted by molar-refractivity contribution is -0.137. The van der Waals surface area contributed by atoms with Crippen molar-refractivity contribution in [1.29, 1.82) is 0 Å². The summed E-state index contributed by atoms with van der Waals surface area (Å²) in [6, 6.07) is 5.93. The summed E-state index contributed by atoms with van der Waals surface area (Å²) in [5.74, 6) is -0.805. The first-order valence-corrected chi connectivity index (χ1v) is 10.7. The smallest absolute Gasteiger partial charge is 0.373 e. The van der Waals surface area contributed by atoms with Crippen molar-refractivity contribution in [2.24, 2.45) is 0 Å². The fraction of sp³-hybridized carbons (Fsp3) is 0.273. The van der Waals surface area contributed by atoms with E-state index in [-0.39, 0.29) is 5.69 Å². The number of nitrogens with zero attached hydrogens (tertiary/aromatic N) is 2. The monoisotopic (exact) mass is 464 g/mol. The minimum absolute atomic E-state index is 0.225. The van der Waals surface area contributed by atoms with Crippen LogP contribution in [-0.4, -0.2) is 29.4 Å². The first kappa shape index (κ1) is 22.2. The van der Waals surface area contributed by atoms with Gasteiger partial charge < -0.3 is 10.6 Å². The van der Waals surface area contributed by atoms with Gasteiger partial charge in [0.1, 0.15) is 11.6 Å². The van der Waals surface area contributed by atoms with Gasteiger partial charge in [0.2, 0.25) is 0 Å². The molecule has 168 valence electrons. The van der Waals surface area contributed by atoms with Crippen molar-refractivity contribution < 1.29 is 22.4 Å². The van der Waals surface area contributed by atoms with Gasteiger partial charge in [-0.2, -0.15) is 13.2 Å². The SMILES string of the molecule is CNc1ccc(CN2CCc3c(C(=O)Nc4cc(F)cc(C(F)(F)F)c4)csc3C2)cn1. The van der Waals surface area contributed by atoms with E-state index in [9.17, 15) is 22.4 Å². The molecule has 3 aromatic rings. The Kier molecular flexibility index (Phi) is 6.16. The zero-order valence-corrected chi connectivity index (χ0v) is 17.9. The number of hydrogen-bond acceptors (Lipinski definition) is 5. The molecule has 1 aliphatic rings. The number of rotatable bonds is 5. The highest BCUT2D eigenvalue weighted by Crippen LogP contribution is 2.33. The molecule has 0 spiro atoms. The van der Waals surface area contributed by atoms with Crippen molar-refractivity contribution in [3.63, 3.8) is 0 Å². The van der Waals surface area contributed by atoms with Gasteiger partial charge in [0.15, 0.2) is 0 Å². The molecule has 0 bridgehead atoms. The normalized spacial score (nSPS) is 14.2. The van der Waals surface area contributed by atoms with E-state index in [2.05, 4.69) is 20.5 Å². The number of thiophene rings is 1. The predicted octanol–water partition coefficient (Wildman–Crippen LogP) is 5.15. The van der Waals surface area contributed by atoms with E-state index in [4.69, 9.17) is 0 Å². The lowest BCUT2D eigenvalue weighted by Gasteiger charge is -2.27. The highest BCUT2D eigenvalue weighted by atomic mass is 32.1. The largest absolute Gasteiger partial charge is 0.416 e. The van der Waals surface area contributed by atoms with E-state index < -0.39 is 23.5 Å². The summed E-state index contributed by atoms with van der Waals surface area (Å²) in [7, 11) is 1.81. The van der Waals surface area contributed by atoms with Crippen molar-refractivity contribution in [3.8, 4) is 0 Å². The number of carbonyl (C=O) groups is 1. The van der Waals surface area contributed by atoms with Gasteiger partial charge in [-0.3, -0.25) is 9.69 Å². The van der Waals surface area contributed by atoms with E-state index in [0.717, 1.165) is 47.0 Å². The lowest BCUT2D eigenvalue weighted by atomic mass is 10.0. The van der Waals surface area contributed by atoms with Crippen molar-refractivity contribution >= 4 is 28.7 Å². The molecule has 1 amide bonds. The number of alkyl halides is 3. The number of hydrogen-bond donors (Lipinski definition) is 2. The van der Waals surface area contributed by atoms with E-state index in [1.54, 1.807) is 5.38 Å². The molecular weight excluding hydrogens is 444 g/mol. The van der Waals surface area contributed by atoms with Crippen molar-refractivity contribution in [2.45, 2.75) is 25.7 Å². The second-order valence-electron chi connectivity index (χ2n) is 7.49.